The van der Waals surface area contributed by atoms with E-state index in [1.165, 1.54) is 6.20 Å². The van der Waals surface area contributed by atoms with E-state index in [-0.39, 0.29) is 5.91 Å². The Morgan fingerprint density at radius 1 is 1.40 bits per heavy atom. The molecule has 0 saturated carbocycles. The Labute approximate surface area is 118 Å². The molecular formula is C14H19N5O. The molecule has 0 atom stereocenters. The monoisotopic (exact) mass is 273 g/mol. The first-order valence-electron chi connectivity index (χ1n) is 6.43. The van der Waals surface area contributed by atoms with Crippen molar-refractivity contribution in [3.63, 3.8) is 0 Å². The largest absolute Gasteiger partial charge is 0.396 e. The van der Waals surface area contributed by atoms with Crippen molar-refractivity contribution in [3.05, 3.63) is 36.2 Å². The average molecular weight is 273 g/mol. The highest BCUT2D eigenvalue weighted by Crippen LogP contribution is 2.24. The van der Waals surface area contributed by atoms with Crippen LogP contribution in [0.25, 0.3) is 0 Å². The van der Waals surface area contributed by atoms with E-state index in [1.807, 2.05) is 50.2 Å². The van der Waals surface area contributed by atoms with Crippen LogP contribution in [-0.2, 0) is 6.54 Å². The first-order chi connectivity index (χ1) is 9.54. The number of nitrogens with zero attached hydrogens (tertiary/aromatic N) is 3. The Morgan fingerprint density at radius 2 is 2.10 bits per heavy atom. The summed E-state index contributed by atoms with van der Waals surface area (Å²) < 4.78 is 1.59. The van der Waals surface area contributed by atoms with Crippen LogP contribution in [-0.4, -0.2) is 29.8 Å². The van der Waals surface area contributed by atoms with E-state index in [2.05, 4.69) is 10.4 Å². The lowest BCUT2D eigenvalue weighted by Gasteiger charge is -2.18. The Bertz CT molecular complexity index is 618. The number of nitrogens with one attached hydrogen (secondary N) is 1. The number of carbonyl (C=O) groups excluding carboxylic acids is 1. The van der Waals surface area contributed by atoms with Gasteiger partial charge in [0.15, 0.2) is 0 Å². The van der Waals surface area contributed by atoms with Crippen LogP contribution in [0.2, 0.25) is 0 Å². The molecule has 3 N–H and O–H groups in total. The standard InChI is InChI=1S/C14H19N5O/c1-4-19-13(10(15)9-16-19)14(20)17-11-7-5-6-8-12(11)18(2)3/h5-9H,4,15H2,1-3H3,(H,17,20). The van der Waals surface area contributed by atoms with Crippen molar-refractivity contribution in [1.29, 1.82) is 0 Å². The summed E-state index contributed by atoms with van der Waals surface area (Å²) in [5.74, 6) is -0.254. The Morgan fingerprint density at radius 3 is 2.75 bits per heavy atom. The molecule has 6 nitrogen and oxygen atoms in total. The maximum absolute atomic E-state index is 12.4. The van der Waals surface area contributed by atoms with Gasteiger partial charge in [0.25, 0.3) is 5.91 Å². The van der Waals surface area contributed by atoms with Crippen molar-refractivity contribution in [2.45, 2.75) is 13.5 Å². The summed E-state index contributed by atoms with van der Waals surface area (Å²) in [4.78, 5) is 14.3. The van der Waals surface area contributed by atoms with E-state index in [4.69, 9.17) is 5.73 Å². The van der Waals surface area contributed by atoms with Gasteiger partial charge in [-0.2, -0.15) is 5.10 Å². The molecule has 1 aromatic carbocycles. The maximum atomic E-state index is 12.4. The van der Waals surface area contributed by atoms with Crippen LogP contribution in [0.3, 0.4) is 0 Å². The molecule has 0 bridgehead atoms. The van der Waals surface area contributed by atoms with Crippen molar-refractivity contribution in [2.75, 3.05) is 30.0 Å². The summed E-state index contributed by atoms with van der Waals surface area (Å²) >= 11 is 0. The highest BCUT2D eigenvalue weighted by molar-refractivity contribution is 6.07. The van der Waals surface area contributed by atoms with Gasteiger partial charge in [0.2, 0.25) is 0 Å². The maximum Gasteiger partial charge on any atom is 0.276 e. The second-order valence-electron chi connectivity index (χ2n) is 4.63. The zero-order valence-corrected chi connectivity index (χ0v) is 11.9. The molecule has 0 spiro atoms. The third-order valence-corrected chi connectivity index (χ3v) is 3.02. The van der Waals surface area contributed by atoms with Crippen molar-refractivity contribution >= 4 is 23.0 Å². The minimum absolute atomic E-state index is 0.254. The van der Waals surface area contributed by atoms with Crippen molar-refractivity contribution in [1.82, 2.24) is 9.78 Å². The van der Waals surface area contributed by atoms with Crippen LogP contribution < -0.4 is 16.0 Å². The normalized spacial score (nSPS) is 10.3. The summed E-state index contributed by atoms with van der Waals surface area (Å²) in [6, 6.07) is 7.60. The molecule has 0 aliphatic rings. The van der Waals surface area contributed by atoms with Crippen LogP contribution in [0, 0.1) is 0 Å². The van der Waals surface area contributed by atoms with Gasteiger partial charge in [-0.15, -0.1) is 0 Å². The van der Waals surface area contributed by atoms with Crippen LogP contribution in [0.1, 0.15) is 17.4 Å². The van der Waals surface area contributed by atoms with Crippen molar-refractivity contribution in [2.24, 2.45) is 0 Å². The molecule has 1 amide bonds. The molecule has 0 unspecified atom stereocenters. The summed E-state index contributed by atoms with van der Waals surface area (Å²) in [6.45, 7) is 2.51. The fourth-order valence-corrected chi connectivity index (χ4v) is 2.04. The van der Waals surface area contributed by atoms with Gasteiger partial charge in [-0.3, -0.25) is 9.48 Å². The highest BCUT2D eigenvalue weighted by atomic mass is 16.2. The van der Waals surface area contributed by atoms with Crippen molar-refractivity contribution < 1.29 is 4.79 Å². The summed E-state index contributed by atoms with van der Waals surface area (Å²) in [6.07, 6.45) is 1.50. The van der Waals surface area contributed by atoms with E-state index in [0.29, 0.717) is 17.9 Å². The molecule has 0 radical (unpaired) electrons. The fourth-order valence-electron chi connectivity index (χ4n) is 2.04. The minimum Gasteiger partial charge on any atom is -0.396 e. The molecule has 0 aliphatic heterocycles. The molecular weight excluding hydrogens is 254 g/mol. The first kappa shape index (κ1) is 13.9. The van der Waals surface area contributed by atoms with E-state index >= 15 is 0 Å². The quantitative estimate of drug-likeness (QED) is 0.890. The number of rotatable bonds is 4. The summed E-state index contributed by atoms with van der Waals surface area (Å²) in [7, 11) is 3.85. The first-order valence-corrected chi connectivity index (χ1v) is 6.43. The third-order valence-electron chi connectivity index (χ3n) is 3.02. The number of hydrogen-bond donors (Lipinski definition) is 2. The highest BCUT2D eigenvalue weighted by Gasteiger charge is 2.17. The average Bonchev–Trinajstić information content (AvgIpc) is 2.80. The molecule has 1 aromatic heterocycles. The number of nitrogen functional groups attached to an aromatic ring is 1. The topological polar surface area (TPSA) is 76.2 Å². The predicted octanol–water partition coefficient (Wildman–Crippen LogP) is 1.80. The lowest BCUT2D eigenvalue weighted by Crippen LogP contribution is -2.20. The predicted molar refractivity (Wildman–Crippen MR) is 81.0 cm³/mol. The zero-order chi connectivity index (χ0) is 14.7. The van der Waals surface area contributed by atoms with Gasteiger partial charge >= 0.3 is 0 Å². The second kappa shape index (κ2) is 5.64. The number of anilines is 3. The second-order valence-corrected chi connectivity index (χ2v) is 4.63. The minimum atomic E-state index is -0.254. The van der Waals surface area contributed by atoms with Crippen LogP contribution in [0.5, 0.6) is 0 Å². The lowest BCUT2D eigenvalue weighted by atomic mass is 10.2. The Kier molecular flexibility index (Phi) is 3.93. The van der Waals surface area contributed by atoms with Gasteiger partial charge in [0.1, 0.15) is 5.69 Å². The van der Waals surface area contributed by atoms with E-state index in [9.17, 15) is 4.79 Å². The zero-order valence-electron chi connectivity index (χ0n) is 11.9. The van der Waals surface area contributed by atoms with Gasteiger partial charge in [-0.25, -0.2) is 0 Å². The Hall–Kier alpha value is -2.50. The van der Waals surface area contributed by atoms with E-state index in [0.717, 1.165) is 11.4 Å². The van der Waals surface area contributed by atoms with Crippen LogP contribution in [0.4, 0.5) is 17.1 Å². The molecule has 2 rings (SSSR count). The molecule has 0 fully saturated rings. The van der Waals surface area contributed by atoms with E-state index in [1.54, 1.807) is 4.68 Å². The molecule has 2 aromatic rings. The van der Waals surface area contributed by atoms with Gasteiger partial charge in [-0.1, -0.05) is 12.1 Å². The molecule has 0 aliphatic carbocycles. The van der Waals surface area contributed by atoms with Gasteiger partial charge in [-0.05, 0) is 19.1 Å². The molecule has 6 heteroatoms. The number of nitrogens with two attached hydrogens (primary N) is 1. The number of carbonyl (C=O) groups is 1. The number of aromatic nitrogens is 2. The van der Waals surface area contributed by atoms with Crippen LogP contribution in [0.15, 0.2) is 30.5 Å². The lowest BCUT2D eigenvalue weighted by molar-refractivity contribution is 0.101. The molecule has 1 heterocycles. The fraction of sp³-hybridized carbons (Fsp3) is 0.286. The number of hydrogen-bond acceptors (Lipinski definition) is 4. The number of aryl methyl sites for hydroxylation is 1. The van der Waals surface area contributed by atoms with E-state index < -0.39 is 0 Å². The van der Waals surface area contributed by atoms with Gasteiger partial charge in [0, 0.05) is 20.6 Å². The van der Waals surface area contributed by atoms with Crippen molar-refractivity contribution in [3.8, 4) is 0 Å². The molecule has 106 valence electrons. The third kappa shape index (κ3) is 2.59. The summed E-state index contributed by atoms with van der Waals surface area (Å²) in [5.41, 5.74) is 8.26. The number of benzene rings is 1. The number of amides is 1. The Balaban J connectivity index is 2.31. The SMILES string of the molecule is CCn1ncc(N)c1C(=O)Nc1ccccc1N(C)C. The van der Waals surface area contributed by atoms with Gasteiger partial charge in [0.05, 0.1) is 23.3 Å². The molecule has 0 saturated heterocycles. The van der Waals surface area contributed by atoms with Crippen LogP contribution >= 0.6 is 0 Å². The smallest absolute Gasteiger partial charge is 0.276 e. The number of para-hydroxylation sites is 2. The molecule has 20 heavy (non-hydrogen) atoms. The van der Waals surface area contributed by atoms with Gasteiger partial charge < -0.3 is 16.0 Å². The summed E-state index contributed by atoms with van der Waals surface area (Å²) in [5, 5.41) is 6.96.